The standard InChI is InChI=1S/C32H46O4/c1-9-36-27(35)29(5)11-10-28(4)12-14-31(7)23-16-19(2)25-20(3)26(34)22(33)17-21(25)30(23,6)13-15-32(31,8)24(28)18-29/h16-17,19,24,33-34H,9-15,18H2,1-8H3/t19?,24-,28-,29-,30+,31-,32+/m1/s1. The molecular weight excluding hydrogens is 448 g/mol. The minimum atomic E-state index is -0.413. The summed E-state index contributed by atoms with van der Waals surface area (Å²) in [4.78, 5) is 13.1. The van der Waals surface area contributed by atoms with Gasteiger partial charge in [0.15, 0.2) is 11.5 Å². The summed E-state index contributed by atoms with van der Waals surface area (Å²) in [6.07, 6.45) is 9.83. The van der Waals surface area contributed by atoms with E-state index >= 15 is 0 Å². The van der Waals surface area contributed by atoms with Crippen molar-refractivity contribution in [1.82, 2.24) is 0 Å². The SMILES string of the molecule is CCOC(=O)[C@]1(C)CC[C@]2(C)CC[C@]3(C)C4=CC(C)c5c(cc(O)c(O)c5C)[C@]4(C)CC[C@@]3(C)[C@@H]2C1. The predicted molar refractivity (Wildman–Crippen MR) is 143 cm³/mol. The van der Waals surface area contributed by atoms with E-state index in [1.54, 1.807) is 0 Å². The second-order valence-corrected chi connectivity index (χ2v) is 14.0. The highest BCUT2D eigenvalue weighted by Crippen LogP contribution is 2.75. The molecule has 0 aromatic heterocycles. The zero-order valence-corrected chi connectivity index (χ0v) is 23.7. The highest BCUT2D eigenvalue weighted by molar-refractivity contribution is 5.76. The molecule has 36 heavy (non-hydrogen) atoms. The van der Waals surface area contributed by atoms with Crippen LogP contribution in [0.4, 0.5) is 0 Å². The van der Waals surface area contributed by atoms with Crippen molar-refractivity contribution in [2.24, 2.45) is 27.6 Å². The molecule has 0 aliphatic heterocycles. The van der Waals surface area contributed by atoms with Crippen LogP contribution >= 0.6 is 0 Å². The molecule has 4 heteroatoms. The molecule has 0 saturated heterocycles. The van der Waals surface area contributed by atoms with Crippen molar-refractivity contribution in [1.29, 1.82) is 0 Å². The maximum absolute atomic E-state index is 13.1. The molecule has 0 radical (unpaired) electrons. The molecule has 1 aromatic rings. The largest absolute Gasteiger partial charge is 0.504 e. The van der Waals surface area contributed by atoms with Crippen molar-refractivity contribution in [3.63, 3.8) is 0 Å². The Kier molecular flexibility index (Phi) is 5.54. The molecular formula is C32H46O4. The Morgan fingerprint density at radius 1 is 1.03 bits per heavy atom. The maximum atomic E-state index is 13.1. The topological polar surface area (TPSA) is 66.8 Å². The summed E-state index contributed by atoms with van der Waals surface area (Å²) in [5.41, 5.74) is 4.43. The quantitative estimate of drug-likeness (QED) is 0.251. The zero-order chi connectivity index (χ0) is 26.5. The van der Waals surface area contributed by atoms with E-state index in [9.17, 15) is 15.0 Å². The molecule has 3 fully saturated rings. The van der Waals surface area contributed by atoms with E-state index in [0.29, 0.717) is 12.5 Å². The monoisotopic (exact) mass is 494 g/mol. The van der Waals surface area contributed by atoms with E-state index in [4.69, 9.17) is 4.74 Å². The molecule has 1 aromatic carbocycles. The molecule has 7 atom stereocenters. The molecule has 2 N–H and O–H groups in total. The minimum Gasteiger partial charge on any atom is -0.504 e. The summed E-state index contributed by atoms with van der Waals surface area (Å²) in [5.74, 6) is 0.617. The fourth-order valence-corrected chi connectivity index (χ4v) is 9.50. The van der Waals surface area contributed by atoms with Gasteiger partial charge in [-0.25, -0.2) is 0 Å². The van der Waals surface area contributed by atoms with E-state index in [1.165, 1.54) is 23.1 Å². The lowest BCUT2D eigenvalue weighted by molar-refractivity contribution is -0.181. The normalized spacial score (nSPS) is 43.4. The average molecular weight is 495 g/mol. The molecule has 1 unspecified atom stereocenters. The van der Waals surface area contributed by atoms with Crippen molar-refractivity contribution in [2.45, 2.75) is 112 Å². The fraction of sp³-hybridized carbons (Fsp3) is 0.719. The maximum Gasteiger partial charge on any atom is 0.311 e. The van der Waals surface area contributed by atoms with Crippen LogP contribution < -0.4 is 0 Å². The van der Waals surface area contributed by atoms with Gasteiger partial charge in [-0.1, -0.05) is 46.3 Å². The third kappa shape index (κ3) is 3.08. The smallest absolute Gasteiger partial charge is 0.311 e. The van der Waals surface area contributed by atoms with Crippen LogP contribution in [0.15, 0.2) is 17.7 Å². The van der Waals surface area contributed by atoms with Gasteiger partial charge in [-0.2, -0.15) is 0 Å². The van der Waals surface area contributed by atoms with Gasteiger partial charge < -0.3 is 14.9 Å². The van der Waals surface area contributed by atoms with Crippen molar-refractivity contribution in [2.75, 3.05) is 6.61 Å². The Morgan fingerprint density at radius 2 is 1.69 bits per heavy atom. The second-order valence-electron chi connectivity index (χ2n) is 14.0. The zero-order valence-electron chi connectivity index (χ0n) is 23.7. The van der Waals surface area contributed by atoms with Crippen LogP contribution in [-0.2, 0) is 14.9 Å². The number of phenolic OH excluding ortho intramolecular Hbond substituents is 2. The number of hydrogen-bond acceptors (Lipinski definition) is 4. The molecule has 0 bridgehead atoms. The number of fused-ring (bicyclic) bond motifs is 7. The second kappa shape index (κ2) is 7.77. The van der Waals surface area contributed by atoms with Crippen LogP contribution in [-0.4, -0.2) is 22.8 Å². The number of carbonyl (C=O) groups excluding carboxylic acids is 1. The summed E-state index contributed by atoms with van der Waals surface area (Å²) in [6, 6.07) is 1.85. The first-order chi connectivity index (χ1) is 16.7. The molecule has 0 heterocycles. The number of aromatic hydroxyl groups is 2. The first-order valence-corrected chi connectivity index (χ1v) is 14.1. The Morgan fingerprint density at radius 3 is 2.36 bits per heavy atom. The molecule has 0 spiro atoms. The van der Waals surface area contributed by atoms with Crippen LogP contribution in [0, 0.1) is 34.5 Å². The van der Waals surface area contributed by atoms with E-state index in [1.807, 2.05) is 19.9 Å². The molecule has 198 valence electrons. The number of esters is 1. The number of hydrogen-bond donors (Lipinski definition) is 2. The number of rotatable bonds is 2. The predicted octanol–water partition coefficient (Wildman–Crippen LogP) is 7.68. The van der Waals surface area contributed by atoms with E-state index in [2.05, 4.69) is 47.6 Å². The van der Waals surface area contributed by atoms with E-state index in [0.717, 1.165) is 44.1 Å². The minimum absolute atomic E-state index is 0.00441. The van der Waals surface area contributed by atoms with Gasteiger partial charge in [-0.3, -0.25) is 4.79 Å². The van der Waals surface area contributed by atoms with Crippen molar-refractivity contribution in [3.05, 3.63) is 34.4 Å². The lowest BCUT2D eigenvalue weighted by atomic mass is 9.34. The highest BCUT2D eigenvalue weighted by Gasteiger charge is 2.67. The Hall–Kier alpha value is -1.97. The fourth-order valence-electron chi connectivity index (χ4n) is 9.50. The van der Waals surface area contributed by atoms with Gasteiger partial charge in [0.1, 0.15) is 0 Å². The Balaban J connectivity index is 1.62. The molecule has 4 nitrogen and oxygen atoms in total. The number of phenols is 2. The lowest BCUT2D eigenvalue weighted by Crippen LogP contribution is -2.62. The summed E-state index contributed by atoms with van der Waals surface area (Å²) >= 11 is 0. The van der Waals surface area contributed by atoms with Crippen molar-refractivity contribution < 1.29 is 19.7 Å². The number of ether oxygens (including phenoxy) is 1. The first kappa shape index (κ1) is 25.7. The summed E-state index contributed by atoms with van der Waals surface area (Å²) in [5, 5.41) is 21.1. The van der Waals surface area contributed by atoms with Crippen molar-refractivity contribution >= 4 is 5.97 Å². The van der Waals surface area contributed by atoms with Gasteiger partial charge in [0.05, 0.1) is 12.0 Å². The molecule has 5 rings (SSSR count). The third-order valence-corrected chi connectivity index (χ3v) is 12.1. The third-order valence-electron chi connectivity index (χ3n) is 12.1. The van der Waals surface area contributed by atoms with Gasteiger partial charge in [0, 0.05) is 5.41 Å². The van der Waals surface area contributed by atoms with Crippen LogP contribution in [0.5, 0.6) is 11.5 Å². The molecule has 3 saturated carbocycles. The van der Waals surface area contributed by atoms with Gasteiger partial charge in [0.2, 0.25) is 0 Å². The Bertz CT molecular complexity index is 1150. The van der Waals surface area contributed by atoms with Gasteiger partial charge in [-0.05, 0) is 117 Å². The Labute approximate surface area is 217 Å². The highest BCUT2D eigenvalue weighted by atomic mass is 16.5. The summed E-state index contributed by atoms with van der Waals surface area (Å²) in [7, 11) is 0. The molecule has 4 aliphatic rings. The van der Waals surface area contributed by atoms with E-state index in [-0.39, 0.29) is 45.0 Å². The average Bonchev–Trinajstić information content (AvgIpc) is 2.82. The molecule has 4 aliphatic carbocycles. The summed E-state index contributed by atoms with van der Waals surface area (Å²) < 4.78 is 5.58. The summed E-state index contributed by atoms with van der Waals surface area (Å²) in [6.45, 7) is 18.5. The first-order valence-electron chi connectivity index (χ1n) is 14.1. The number of allylic oxidation sites excluding steroid dienone is 2. The van der Waals surface area contributed by atoms with E-state index < -0.39 is 5.41 Å². The van der Waals surface area contributed by atoms with Crippen LogP contribution in [0.1, 0.15) is 116 Å². The number of carbonyl (C=O) groups is 1. The van der Waals surface area contributed by atoms with Gasteiger partial charge in [-0.15, -0.1) is 0 Å². The van der Waals surface area contributed by atoms with Gasteiger partial charge >= 0.3 is 5.97 Å². The van der Waals surface area contributed by atoms with Crippen LogP contribution in [0.2, 0.25) is 0 Å². The lowest BCUT2D eigenvalue weighted by Gasteiger charge is -2.70. The van der Waals surface area contributed by atoms with Crippen LogP contribution in [0.3, 0.4) is 0 Å². The van der Waals surface area contributed by atoms with Crippen LogP contribution in [0.25, 0.3) is 0 Å². The van der Waals surface area contributed by atoms with Gasteiger partial charge in [0.25, 0.3) is 0 Å². The molecule has 0 amide bonds. The van der Waals surface area contributed by atoms with Crippen molar-refractivity contribution in [3.8, 4) is 11.5 Å². The number of benzene rings is 1.